The Morgan fingerprint density at radius 3 is 2.04 bits per heavy atom. The minimum atomic E-state index is 0.262. The number of allylic oxidation sites excluding steroid dienone is 2. The standard InChI is InChI=1S/C21H37BS/c1-16-7-4-8-20(15-16)18(3)12-11-17(2)19-9-5-13-21(22,23)14-6-10-19/h16,19-20,23H,2-15,22H2,1H3. The first-order valence-corrected chi connectivity index (χ1v) is 10.4. The smallest absolute Gasteiger partial charge is 0.122 e. The first kappa shape index (κ1) is 19.2. The van der Waals surface area contributed by atoms with Crippen LogP contribution in [0.25, 0.3) is 0 Å². The van der Waals surface area contributed by atoms with Crippen molar-refractivity contribution in [2.75, 3.05) is 0 Å². The van der Waals surface area contributed by atoms with Crippen LogP contribution in [0.2, 0.25) is 0 Å². The lowest BCUT2D eigenvalue weighted by Gasteiger charge is -2.31. The highest BCUT2D eigenvalue weighted by atomic mass is 32.1. The molecule has 0 aromatic carbocycles. The van der Waals surface area contributed by atoms with Crippen LogP contribution in [0, 0.1) is 17.8 Å². The fourth-order valence-corrected chi connectivity index (χ4v) is 4.99. The molecule has 0 saturated heterocycles. The van der Waals surface area contributed by atoms with Gasteiger partial charge in [-0.2, -0.15) is 12.6 Å². The second kappa shape index (κ2) is 8.83. The molecule has 0 aliphatic heterocycles. The topological polar surface area (TPSA) is 0 Å². The van der Waals surface area contributed by atoms with E-state index < -0.39 is 0 Å². The van der Waals surface area contributed by atoms with Crippen LogP contribution in [0.5, 0.6) is 0 Å². The highest BCUT2D eigenvalue weighted by molar-refractivity contribution is 7.83. The van der Waals surface area contributed by atoms with Gasteiger partial charge in [-0.1, -0.05) is 56.9 Å². The van der Waals surface area contributed by atoms with Gasteiger partial charge in [0, 0.05) is 0 Å². The molecule has 2 unspecified atom stereocenters. The molecule has 0 bridgehead atoms. The average molecular weight is 332 g/mol. The minimum Gasteiger partial charge on any atom is -0.182 e. The van der Waals surface area contributed by atoms with Crippen molar-refractivity contribution in [2.24, 2.45) is 17.8 Å². The summed E-state index contributed by atoms with van der Waals surface area (Å²) in [6.45, 7) is 11.3. The Labute approximate surface area is 151 Å². The van der Waals surface area contributed by atoms with Gasteiger partial charge in [-0.05, 0) is 73.8 Å². The Morgan fingerprint density at radius 2 is 1.48 bits per heavy atom. The molecular weight excluding hydrogens is 295 g/mol. The van der Waals surface area contributed by atoms with Crippen molar-refractivity contribution in [1.82, 2.24) is 0 Å². The van der Waals surface area contributed by atoms with E-state index in [1.165, 1.54) is 88.2 Å². The van der Waals surface area contributed by atoms with Crippen molar-refractivity contribution in [3.8, 4) is 0 Å². The van der Waals surface area contributed by atoms with Crippen LogP contribution in [-0.4, -0.2) is 12.5 Å². The maximum Gasteiger partial charge on any atom is 0.122 e. The first-order chi connectivity index (χ1) is 10.9. The van der Waals surface area contributed by atoms with E-state index in [9.17, 15) is 0 Å². The third kappa shape index (κ3) is 6.37. The summed E-state index contributed by atoms with van der Waals surface area (Å²) in [5, 5.41) is 0. The molecule has 2 rings (SSSR count). The van der Waals surface area contributed by atoms with Crippen LogP contribution < -0.4 is 0 Å². The minimum absolute atomic E-state index is 0.262. The Morgan fingerprint density at radius 1 is 0.957 bits per heavy atom. The van der Waals surface area contributed by atoms with E-state index in [0.717, 1.165) is 17.8 Å². The molecule has 0 aromatic rings. The van der Waals surface area contributed by atoms with E-state index in [1.807, 2.05) is 0 Å². The fraction of sp³-hybridized carbons (Fsp3) is 0.810. The Kier molecular flexibility index (Phi) is 7.38. The van der Waals surface area contributed by atoms with Gasteiger partial charge in [-0.3, -0.25) is 0 Å². The van der Waals surface area contributed by atoms with Crippen molar-refractivity contribution >= 4 is 20.5 Å². The molecule has 0 nitrogen and oxygen atoms in total. The van der Waals surface area contributed by atoms with Crippen LogP contribution in [0.3, 0.4) is 0 Å². The lowest BCUT2D eigenvalue weighted by molar-refractivity contribution is 0.309. The summed E-state index contributed by atoms with van der Waals surface area (Å²) in [6, 6.07) is 0. The van der Waals surface area contributed by atoms with Crippen LogP contribution in [0.15, 0.2) is 24.3 Å². The van der Waals surface area contributed by atoms with Crippen molar-refractivity contribution in [3.05, 3.63) is 24.3 Å². The van der Waals surface area contributed by atoms with Gasteiger partial charge in [0.25, 0.3) is 0 Å². The molecule has 2 aliphatic carbocycles. The lowest BCUT2D eigenvalue weighted by atomic mass is 9.73. The third-order valence-electron chi connectivity index (χ3n) is 6.39. The summed E-state index contributed by atoms with van der Waals surface area (Å²) in [5.41, 5.74) is 3.00. The Bertz CT molecular complexity index is 400. The number of rotatable bonds is 5. The molecule has 2 fully saturated rings. The van der Waals surface area contributed by atoms with E-state index in [4.69, 9.17) is 12.6 Å². The van der Waals surface area contributed by atoms with Gasteiger partial charge in [0.05, 0.1) is 0 Å². The summed E-state index contributed by atoms with van der Waals surface area (Å²) in [5.74, 6) is 2.43. The zero-order valence-electron chi connectivity index (χ0n) is 15.6. The third-order valence-corrected chi connectivity index (χ3v) is 6.84. The molecule has 2 aliphatic rings. The molecule has 0 spiro atoms. The maximum atomic E-state index is 4.82. The van der Waals surface area contributed by atoms with Crippen molar-refractivity contribution in [1.29, 1.82) is 0 Å². The van der Waals surface area contributed by atoms with Crippen LogP contribution in [0.1, 0.15) is 84.0 Å². The van der Waals surface area contributed by atoms with E-state index in [2.05, 4.69) is 27.9 Å². The number of thiol groups is 1. The number of hydrogen-bond acceptors (Lipinski definition) is 1. The normalized spacial score (nSPS) is 36.0. The maximum absolute atomic E-state index is 4.82. The second-order valence-electron chi connectivity index (χ2n) is 8.76. The molecule has 0 N–H and O–H groups in total. The van der Waals surface area contributed by atoms with Gasteiger partial charge in [0.2, 0.25) is 0 Å². The zero-order chi connectivity index (χ0) is 16.9. The van der Waals surface area contributed by atoms with Gasteiger partial charge < -0.3 is 0 Å². The molecule has 0 heterocycles. The molecule has 2 saturated carbocycles. The van der Waals surface area contributed by atoms with Crippen LogP contribution in [0.4, 0.5) is 0 Å². The first-order valence-electron chi connectivity index (χ1n) is 9.95. The zero-order valence-corrected chi connectivity index (χ0v) is 16.5. The van der Waals surface area contributed by atoms with Gasteiger partial charge in [-0.15, -0.1) is 0 Å². The predicted octanol–water partition coefficient (Wildman–Crippen LogP) is 5.93. The monoisotopic (exact) mass is 332 g/mol. The van der Waals surface area contributed by atoms with Gasteiger partial charge in [-0.25, -0.2) is 0 Å². The van der Waals surface area contributed by atoms with Crippen molar-refractivity contribution in [2.45, 2.75) is 88.6 Å². The van der Waals surface area contributed by atoms with Crippen molar-refractivity contribution < 1.29 is 0 Å². The summed E-state index contributed by atoms with van der Waals surface area (Å²) in [4.78, 5) is 0. The molecule has 23 heavy (non-hydrogen) atoms. The quantitative estimate of drug-likeness (QED) is 0.360. The fourth-order valence-electron chi connectivity index (χ4n) is 4.67. The Balaban J connectivity index is 1.74. The molecule has 130 valence electrons. The van der Waals surface area contributed by atoms with E-state index in [0.29, 0.717) is 0 Å². The lowest BCUT2D eigenvalue weighted by Crippen LogP contribution is -2.24. The Hall–Kier alpha value is -0.105. The predicted molar refractivity (Wildman–Crippen MR) is 110 cm³/mol. The number of hydrogen-bond donors (Lipinski definition) is 1. The van der Waals surface area contributed by atoms with Crippen LogP contribution >= 0.6 is 12.6 Å². The molecule has 2 heteroatoms. The van der Waals surface area contributed by atoms with Gasteiger partial charge in [0.1, 0.15) is 7.85 Å². The van der Waals surface area contributed by atoms with E-state index in [-0.39, 0.29) is 4.65 Å². The largest absolute Gasteiger partial charge is 0.182 e. The highest BCUT2D eigenvalue weighted by Gasteiger charge is 2.25. The molecule has 2 atom stereocenters. The SMILES string of the molecule is BC1(S)CCCC(C(=C)CCC(=C)C2CCCC(C)C2)CCC1. The summed E-state index contributed by atoms with van der Waals surface area (Å²) < 4.78 is 0.262. The molecule has 0 amide bonds. The molecule has 0 aromatic heterocycles. The van der Waals surface area contributed by atoms with Gasteiger partial charge in [0.15, 0.2) is 0 Å². The summed E-state index contributed by atoms with van der Waals surface area (Å²) in [7, 11) is 2.31. The average Bonchev–Trinajstić information content (AvgIpc) is 2.48. The van der Waals surface area contributed by atoms with Crippen molar-refractivity contribution in [3.63, 3.8) is 0 Å². The van der Waals surface area contributed by atoms with Gasteiger partial charge >= 0.3 is 0 Å². The molecular formula is C21H37BS. The molecule has 0 radical (unpaired) electrons. The summed E-state index contributed by atoms with van der Waals surface area (Å²) >= 11 is 4.82. The van der Waals surface area contributed by atoms with E-state index in [1.54, 1.807) is 0 Å². The highest BCUT2D eigenvalue weighted by Crippen LogP contribution is 2.37. The van der Waals surface area contributed by atoms with Crippen LogP contribution in [-0.2, 0) is 0 Å². The van der Waals surface area contributed by atoms with E-state index >= 15 is 0 Å². The second-order valence-corrected chi connectivity index (χ2v) is 9.84. The summed E-state index contributed by atoms with van der Waals surface area (Å²) in [6.07, 6.45) is 15.7.